The molecule has 0 aromatic heterocycles. The molecule has 1 fully saturated rings. The van der Waals surface area contributed by atoms with Gasteiger partial charge in [0.05, 0.1) is 19.4 Å². The number of nitrogens with one attached hydrogen (secondary N) is 2. The molecule has 0 spiro atoms. The van der Waals surface area contributed by atoms with E-state index in [-0.39, 0.29) is 17.7 Å². The number of amides is 3. The molecule has 1 aliphatic heterocycles. The van der Waals surface area contributed by atoms with Crippen LogP contribution in [-0.2, 0) is 20.7 Å². The quantitative estimate of drug-likeness (QED) is 0.813. The van der Waals surface area contributed by atoms with Crippen LogP contribution >= 0.6 is 0 Å². The van der Waals surface area contributed by atoms with Crippen molar-refractivity contribution in [3.8, 4) is 0 Å². The summed E-state index contributed by atoms with van der Waals surface area (Å²) in [5.41, 5.74) is 2.19. The number of anilines is 2. The molecular weight excluding hydrogens is 370 g/mol. The van der Waals surface area contributed by atoms with Gasteiger partial charge in [0, 0.05) is 24.5 Å². The highest BCUT2D eigenvalue weighted by Gasteiger charge is 2.28. The lowest BCUT2D eigenvalue weighted by atomic mass is 9.96. The molecule has 2 aromatic carbocycles. The molecule has 7 heteroatoms. The highest BCUT2D eigenvalue weighted by molar-refractivity contribution is 5.93. The van der Waals surface area contributed by atoms with Gasteiger partial charge >= 0.3 is 6.09 Å². The van der Waals surface area contributed by atoms with Gasteiger partial charge in [-0.3, -0.25) is 14.9 Å². The van der Waals surface area contributed by atoms with Crippen LogP contribution in [0.3, 0.4) is 0 Å². The molecule has 7 nitrogen and oxygen atoms in total. The van der Waals surface area contributed by atoms with E-state index in [2.05, 4.69) is 15.4 Å². The number of hydrogen-bond donors (Lipinski definition) is 2. The lowest BCUT2D eigenvalue weighted by molar-refractivity contribution is -0.133. The molecule has 1 heterocycles. The lowest BCUT2D eigenvalue weighted by Gasteiger charge is -2.32. The summed E-state index contributed by atoms with van der Waals surface area (Å²) in [4.78, 5) is 38.3. The second kappa shape index (κ2) is 9.73. The third-order valence-electron chi connectivity index (χ3n) is 4.93. The number of rotatable bonds is 5. The van der Waals surface area contributed by atoms with Gasteiger partial charge in [-0.2, -0.15) is 0 Å². The molecule has 0 saturated carbocycles. The van der Waals surface area contributed by atoms with Crippen molar-refractivity contribution in [1.82, 2.24) is 4.90 Å². The van der Waals surface area contributed by atoms with Crippen molar-refractivity contribution in [3.63, 3.8) is 0 Å². The van der Waals surface area contributed by atoms with Crippen LogP contribution in [0.5, 0.6) is 0 Å². The van der Waals surface area contributed by atoms with Crippen LogP contribution < -0.4 is 10.6 Å². The number of carbonyl (C=O) groups excluding carboxylic acids is 3. The number of piperidine rings is 1. The van der Waals surface area contributed by atoms with Crippen LogP contribution in [0.2, 0.25) is 0 Å². The second-order valence-corrected chi connectivity index (χ2v) is 7.02. The zero-order valence-electron chi connectivity index (χ0n) is 16.4. The highest BCUT2D eigenvalue weighted by atomic mass is 16.5. The Labute approximate surface area is 170 Å². The van der Waals surface area contributed by atoms with Crippen molar-refractivity contribution < 1.29 is 19.1 Å². The van der Waals surface area contributed by atoms with Crippen LogP contribution in [-0.4, -0.2) is 43.0 Å². The molecule has 3 rings (SSSR count). The summed E-state index contributed by atoms with van der Waals surface area (Å²) >= 11 is 0. The summed E-state index contributed by atoms with van der Waals surface area (Å²) in [6, 6.07) is 16.4. The Morgan fingerprint density at radius 2 is 1.66 bits per heavy atom. The first kappa shape index (κ1) is 20.4. The van der Waals surface area contributed by atoms with Gasteiger partial charge in [0.15, 0.2) is 0 Å². The number of nitrogens with zero attached hydrogens (tertiary/aromatic N) is 1. The summed E-state index contributed by atoms with van der Waals surface area (Å²) in [5.74, 6) is -0.292. The normalized spacial score (nSPS) is 16.0. The first-order valence-electron chi connectivity index (χ1n) is 9.63. The van der Waals surface area contributed by atoms with E-state index in [4.69, 9.17) is 0 Å². The van der Waals surface area contributed by atoms with E-state index in [0.29, 0.717) is 30.9 Å². The van der Waals surface area contributed by atoms with Crippen molar-refractivity contribution in [2.24, 2.45) is 5.92 Å². The minimum atomic E-state index is -0.552. The van der Waals surface area contributed by atoms with Crippen molar-refractivity contribution in [1.29, 1.82) is 0 Å². The van der Waals surface area contributed by atoms with E-state index in [0.717, 1.165) is 18.4 Å². The molecule has 1 saturated heterocycles. The first-order chi connectivity index (χ1) is 14.0. The molecule has 0 radical (unpaired) electrons. The third kappa shape index (κ3) is 5.81. The van der Waals surface area contributed by atoms with Gasteiger partial charge in [-0.15, -0.1) is 0 Å². The van der Waals surface area contributed by atoms with Gasteiger partial charge in [-0.1, -0.05) is 30.3 Å². The summed E-state index contributed by atoms with van der Waals surface area (Å²) in [5, 5.41) is 5.45. The summed E-state index contributed by atoms with van der Waals surface area (Å²) in [6.45, 7) is 1.11. The maximum atomic E-state index is 12.7. The SMILES string of the molecule is COC(=O)Nc1ccc(NC(=O)C2CCCN(C(=O)Cc3ccccc3)C2)cc1. The predicted octanol–water partition coefficient (Wildman–Crippen LogP) is 3.28. The van der Waals surface area contributed by atoms with Crippen LogP contribution in [0.25, 0.3) is 0 Å². The largest absolute Gasteiger partial charge is 0.453 e. The van der Waals surface area contributed by atoms with E-state index in [9.17, 15) is 14.4 Å². The van der Waals surface area contributed by atoms with E-state index < -0.39 is 6.09 Å². The van der Waals surface area contributed by atoms with E-state index >= 15 is 0 Å². The maximum Gasteiger partial charge on any atom is 0.411 e. The van der Waals surface area contributed by atoms with Crippen molar-refractivity contribution in [2.45, 2.75) is 19.3 Å². The minimum absolute atomic E-state index is 0.0481. The number of carbonyl (C=O) groups is 3. The van der Waals surface area contributed by atoms with Crippen LogP contribution in [0.4, 0.5) is 16.2 Å². The number of ether oxygens (including phenoxy) is 1. The van der Waals surface area contributed by atoms with Gasteiger partial charge < -0.3 is 15.0 Å². The molecule has 1 unspecified atom stereocenters. The van der Waals surface area contributed by atoms with Crippen LogP contribution in [0.15, 0.2) is 54.6 Å². The molecule has 152 valence electrons. The maximum absolute atomic E-state index is 12.7. The number of likely N-dealkylation sites (tertiary alicyclic amines) is 1. The van der Waals surface area contributed by atoms with E-state index in [1.165, 1.54) is 7.11 Å². The Kier molecular flexibility index (Phi) is 6.84. The average molecular weight is 395 g/mol. The van der Waals surface area contributed by atoms with Gasteiger partial charge in [0.2, 0.25) is 11.8 Å². The Hall–Kier alpha value is -3.35. The fraction of sp³-hybridized carbons (Fsp3) is 0.318. The van der Waals surface area contributed by atoms with Gasteiger partial charge in [-0.05, 0) is 42.7 Å². The van der Waals surface area contributed by atoms with Crippen molar-refractivity contribution >= 4 is 29.3 Å². The van der Waals surface area contributed by atoms with Crippen LogP contribution in [0, 0.1) is 5.92 Å². The topological polar surface area (TPSA) is 87.7 Å². The fourth-order valence-corrected chi connectivity index (χ4v) is 3.35. The number of hydrogen-bond acceptors (Lipinski definition) is 4. The number of benzene rings is 2. The van der Waals surface area contributed by atoms with E-state index in [1.54, 1.807) is 29.2 Å². The first-order valence-corrected chi connectivity index (χ1v) is 9.63. The summed E-state index contributed by atoms with van der Waals surface area (Å²) in [7, 11) is 1.29. The predicted molar refractivity (Wildman–Crippen MR) is 111 cm³/mol. The highest BCUT2D eigenvalue weighted by Crippen LogP contribution is 2.21. The van der Waals surface area contributed by atoms with Gasteiger partial charge in [0.1, 0.15) is 0 Å². The molecule has 1 atom stereocenters. The Balaban J connectivity index is 1.54. The zero-order valence-corrected chi connectivity index (χ0v) is 16.4. The standard InChI is InChI=1S/C22H25N3O4/c1-29-22(28)24-19-11-9-18(10-12-19)23-21(27)17-8-5-13-25(15-17)20(26)14-16-6-3-2-4-7-16/h2-4,6-7,9-12,17H,5,8,13-15H2,1H3,(H,23,27)(H,24,28). The average Bonchev–Trinajstić information content (AvgIpc) is 2.75. The molecule has 29 heavy (non-hydrogen) atoms. The molecule has 3 amide bonds. The third-order valence-corrected chi connectivity index (χ3v) is 4.93. The van der Waals surface area contributed by atoms with Gasteiger partial charge in [-0.25, -0.2) is 4.79 Å². The fourth-order valence-electron chi connectivity index (χ4n) is 3.35. The molecule has 0 aliphatic carbocycles. The molecule has 0 bridgehead atoms. The zero-order chi connectivity index (χ0) is 20.6. The van der Waals surface area contributed by atoms with Crippen molar-refractivity contribution in [2.75, 3.05) is 30.8 Å². The molecule has 1 aliphatic rings. The summed E-state index contributed by atoms with van der Waals surface area (Å²) < 4.78 is 4.54. The second-order valence-electron chi connectivity index (χ2n) is 7.02. The van der Waals surface area contributed by atoms with E-state index in [1.807, 2.05) is 30.3 Å². The minimum Gasteiger partial charge on any atom is -0.453 e. The number of methoxy groups -OCH3 is 1. The Bertz CT molecular complexity index is 852. The monoisotopic (exact) mass is 395 g/mol. The van der Waals surface area contributed by atoms with Crippen LogP contribution in [0.1, 0.15) is 18.4 Å². The lowest BCUT2D eigenvalue weighted by Crippen LogP contribution is -2.44. The smallest absolute Gasteiger partial charge is 0.411 e. The van der Waals surface area contributed by atoms with Crippen molar-refractivity contribution in [3.05, 3.63) is 60.2 Å². The van der Waals surface area contributed by atoms with Gasteiger partial charge in [0.25, 0.3) is 0 Å². The molecule has 2 N–H and O–H groups in total. The Morgan fingerprint density at radius 3 is 2.31 bits per heavy atom. The molecule has 2 aromatic rings. The Morgan fingerprint density at radius 1 is 1.00 bits per heavy atom. The molecular formula is C22H25N3O4. The summed E-state index contributed by atoms with van der Waals surface area (Å²) in [6.07, 6.45) is 1.36.